The predicted octanol–water partition coefficient (Wildman–Crippen LogP) is 2.59. The molecule has 0 aliphatic rings. The standard InChI is InChI=1S/C14H21NO3/c1-14(2,3)18-13(17)15(4)12(10-16)11-8-6-5-7-9-11/h5-9,12,16H,10H2,1-4H3/t12-/m1/s1. The monoisotopic (exact) mass is 251 g/mol. The van der Waals surface area contributed by atoms with E-state index in [0.29, 0.717) is 0 Å². The highest BCUT2D eigenvalue weighted by Crippen LogP contribution is 2.20. The molecule has 0 aliphatic carbocycles. The van der Waals surface area contributed by atoms with Gasteiger partial charge in [-0.1, -0.05) is 30.3 Å². The number of likely N-dealkylation sites (N-methyl/N-ethyl adjacent to an activating group) is 1. The van der Waals surface area contributed by atoms with Crippen molar-refractivity contribution >= 4 is 6.09 Å². The van der Waals surface area contributed by atoms with Crippen molar-refractivity contribution in [1.29, 1.82) is 0 Å². The summed E-state index contributed by atoms with van der Waals surface area (Å²) in [6, 6.07) is 9.01. The summed E-state index contributed by atoms with van der Waals surface area (Å²) in [6.45, 7) is 5.30. The Hall–Kier alpha value is -1.55. The van der Waals surface area contributed by atoms with Crippen LogP contribution in [0.3, 0.4) is 0 Å². The largest absolute Gasteiger partial charge is 0.444 e. The number of benzene rings is 1. The van der Waals surface area contributed by atoms with Crippen molar-refractivity contribution in [1.82, 2.24) is 4.90 Å². The molecule has 4 heteroatoms. The first kappa shape index (κ1) is 14.5. The van der Waals surface area contributed by atoms with E-state index in [4.69, 9.17) is 4.74 Å². The first-order chi connectivity index (χ1) is 8.35. The Morgan fingerprint density at radius 3 is 2.33 bits per heavy atom. The van der Waals surface area contributed by atoms with Crippen molar-refractivity contribution in [3.8, 4) is 0 Å². The summed E-state index contributed by atoms with van der Waals surface area (Å²) in [5.41, 5.74) is 0.343. The third-order valence-electron chi connectivity index (χ3n) is 2.51. The zero-order valence-electron chi connectivity index (χ0n) is 11.4. The number of hydrogen-bond donors (Lipinski definition) is 1. The van der Waals surface area contributed by atoms with Gasteiger partial charge in [0.05, 0.1) is 12.6 Å². The van der Waals surface area contributed by atoms with Crippen LogP contribution >= 0.6 is 0 Å². The van der Waals surface area contributed by atoms with E-state index in [9.17, 15) is 9.90 Å². The molecule has 100 valence electrons. The van der Waals surface area contributed by atoms with Gasteiger partial charge in [-0.2, -0.15) is 0 Å². The number of rotatable bonds is 3. The summed E-state index contributed by atoms with van der Waals surface area (Å²) >= 11 is 0. The molecule has 1 amide bonds. The Kier molecular flexibility index (Phi) is 4.73. The summed E-state index contributed by atoms with van der Waals surface area (Å²) in [5.74, 6) is 0. The molecule has 1 rings (SSSR count). The number of ether oxygens (including phenoxy) is 1. The lowest BCUT2D eigenvalue weighted by Gasteiger charge is -2.30. The average Bonchev–Trinajstić information content (AvgIpc) is 2.29. The SMILES string of the molecule is CN(C(=O)OC(C)(C)C)[C@H](CO)c1ccccc1. The Morgan fingerprint density at radius 1 is 1.33 bits per heavy atom. The van der Waals surface area contributed by atoms with Gasteiger partial charge in [0.1, 0.15) is 5.60 Å². The van der Waals surface area contributed by atoms with Gasteiger partial charge in [0.25, 0.3) is 0 Å². The molecule has 0 unspecified atom stereocenters. The zero-order valence-corrected chi connectivity index (χ0v) is 11.4. The quantitative estimate of drug-likeness (QED) is 0.898. The molecule has 0 aromatic heterocycles. The fourth-order valence-electron chi connectivity index (χ4n) is 1.59. The third-order valence-corrected chi connectivity index (χ3v) is 2.51. The van der Waals surface area contributed by atoms with Crippen LogP contribution < -0.4 is 0 Å². The molecule has 1 N–H and O–H groups in total. The normalized spacial score (nSPS) is 12.9. The number of amides is 1. The molecule has 0 aliphatic heterocycles. The fraction of sp³-hybridized carbons (Fsp3) is 0.500. The van der Waals surface area contributed by atoms with Gasteiger partial charge in [-0.15, -0.1) is 0 Å². The summed E-state index contributed by atoms with van der Waals surface area (Å²) < 4.78 is 5.28. The number of carbonyl (C=O) groups is 1. The van der Waals surface area contributed by atoms with Crippen LogP contribution in [-0.4, -0.2) is 35.4 Å². The smallest absolute Gasteiger partial charge is 0.410 e. The molecule has 0 saturated heterocycles. The lowest BCUT2D eigenvalue weighted by molar-refractivity contribution is 0.0159. The van der Waals surface area contributed by atoms with Crippen LogP contribution in [0.1, 0.15) is 32.4 Å². The van der Waals surface area contributed by atoms with E-state index >= 15 is 0 Å². The minimum Gasteiger partial charge on any atom is -0.444 e. The second kappa shape index (κ2) is 5.87. The zero-order chi connectivity index (χ0) is 13.8. The van der Waals surface area contributed by atoms with Crippen molar-refractivity contribution in [2.24, 2.45) is 0 Å². The van der Waals surface area contributed by atoms with Crippen LogP contribution in [0.2, 0.25) is 0 Å². The van der Waals surface area contributed by atoms with Crippen molar-refractivity contribution in [3.63, 3.8) is 0 Å². The molecule has 0 bridgehead atoms. The van der Waals surface area contributed by atoms with E-state index in [2.05, 4.69) is 0 Å². The maximum absolute atomic E-state index is 11.9. The van der Waals surface area contributed by atoms with Crippen molar-refractivity contribution in [2.75, 3.05) is 13.7 Å². The van der Waals surface area contributed by atoms with Gasteiger partial charge in [0.2, 0.25) is 0 Å². The molecule has 18 heavy (non-hydrogen) atoms. The Bertz CT molecular complexity index is 384. The topological polar surface area (TPSA) is 49.8 Å². The molecule has 1 aromatic rings. The maximum atomic E-state index is 11.9. The van der Waals surface area contributed by atoms with Crippen molar-refractivity contribution in [3.05, 3.63) is 35.9 Å². The van der Waals surface area contributed by atoms with Crippen LogP contribution in [-0.2, 0) is 4.74 Å². The Labute approximate surface area is 108 Å². The number of carbonyl (C=O) groups excluding carboxylic acids is 1. The summed E-state index contributed by atoms with van der Waals surface area (Å²) in [7, 11) is 1.63. The predicted molar refractivity (Wildman–Crippen MR) is 70.3 cm³/mol. The molecular weight excluding hydrogens is 230 g/mol. The second-order valence-electron chi connectivity index (χ2n) is 5.20. The van der Waals surface area contributed by atoms with Crippen LogP contribution in [0.4, 0.5) is 4.79 Å². The van der Waals surface area contributed by atoms with Gasteiger partial charge in [0, 0.05) is 7.05 Å². The van der Waals surface area contributed by atoms with Gasteiger partial charge in [-0.05, 0) is 26.3 Å². The van der Waals surface area contributed by atoms with Gasteiger partial charge < -0.3 is 14.7 Å². The maximum Gasteiger partial charge on any atom is 0.410 e. The van der Waals surface area contributed by atoms with Gasteiger partial charge in [0.15, 0.2) is 0 Å². The molecule has 0 heterocycles. The molecule has 1 aromatic carbocycles. The van der Waals surface area contributed by atoms with Crippen LogP contribution in [0.15, 0.2) is 30.3 Å². The molecule has 0 saturated carbocycles. The van der Waals surface area contributed by atoms with E-state index in [1.807, 2.05) is 51.1 Å². The first-order valence-electron chi connectivity index (χ1n) is 5.97. The summed E-state index contributed by atoms with van der Waals surface area (Å²) in [5, 5.41) is 9.45. The van der Waals surface area contributed by atoms with Crippen molar-refractivity contribution in [2.45, 2.75) is 32.4 Å². The lowest BCUT2D eigenvalue weighted by atomic mass is 10.1. The Balaban J connectivity index is 2.80. The number of hydrogen-bond acceptors (Lipinski definition) is 3. The molecule has 0 radical (unpaired) electrons. The van der Waals surface area contributed by atoms with Crippen LogP contribution in [0.25, 0.3) is 0 Å². The fourth-order valence-corrected chi connectivity index (χ4v) is 1.59. The Morgan fingerprint density at radius 2 is 1.89 bits per heavy atom. The van der Waals surface area contributed by atoms with Gasteiger partial charge in [-0.3, -0.25) is 0 Å². The summed E-state index contributed by atoms with van der Waals surface area (Å²) in [4.78, 5) is 13.3. The summed E-state index contributed by atoms with van der Waals surface area (Å²) in [6.07, 6.45) is -0.439. The van der Waals surface area contributed by atoms with E-state index in [0.717, 1.165) is 5.56 Å². The van der Waals surface area contributed by atoms with Crippen LogP contribution in [0, 0.1) is 0 Å². The molecule has 1 atom stereocenters. The molecular formula is C14H21NO3. The highest BCUT2D eigenvalue weighted by molar-refractivity contribution is 5.68. The number of aliphatic hydroxyl groups is 1. The van der Waals surface area contributed by atoms with E-state index in [-0.39, 0.29) is 12.6 Å². The third kappa shape index (κ3) is 4.04. The second-order valence-corrected chi connectivity index (χ2v) is 5.20. The molecule has 0 fully saturated rings. The van der Waals surface area contributed by atoms with Crippen molar-refractivity contribution < 1.29 is 14.6 Å². The van der Waals surface area contributed by atoms with E-state index in [1.54, 1.807) is 7.05 Å². The minimum absolute atomic E-state index is 0.139. The van der Waals surface area contributed by atoms with Gasteiger partial charge in [-0.25, -0.2) is 4.79 Å². The first-order valence-corrected chi connectivity index (χ1v) is 5.97. The lowest BCUT2D eigenvalue weighted by Crippen LogP contribution is -2.37. The number of nitrogens with zero attached hydrogens (tertiary/aromatic N) is 1. The van der Waals surface area contributed by atoms with E-state index in [1.165, 1.54) is 4.90 Å². The number of aliphatic hydroxyl groups excluding tert-OH is 1. The molecule has 4 nitrogen and oxygen atoms in total. The minimum atomic E-state index is -0.540. The molecule has 0 spiro atoms. The van der Waals surface area contributed by atoms with E-state index < -0.39 is 11.7 Å². The highest BCUT2D eigenvalue weighted by Gasteiger charge is 2.25. The van der Waals surface area contributed by atoms with Gasteiger partial charge >= 0.3 is 6.09 Å². The van der Waals surface area contributed by atoms with Crippen LogP contribution in [0.5, 0.6) is 0 Å². The highest BCUT2D eigenvalue weighted by atomic mass is 16.6. The average molecular weight is 251 g/mol.